The molecule has 2 aromatic rings. The molecule has 2 rings (SSSR count). The summed E-state index contributed by atoms with van der Waals surface area (Å²) in [5.74, 6) is 1.08. The third-order valence-corrected chi connectivity index (χ3v) is 2.42. The van der Waals surface area contributed by atoms with Gasteiger partial charge < -0.3 is 10.6 Å². The fraction of sp³-hybridized carbons (Fsp3) is 0.273. The molecule has 0 amide bonds. The van der Waals surface area contributed by atoms with Crippen LogP contribution in [0.4, 0.5) is 11.6 Å². The standard InChI is InChI=1S/C11H15N5/c1-15(2)9-6-4-5-8(7-9)10-13-11(12)16(3)14-10/h4-7H,1-3H3,(H2,12,13,14). The highest BCUT2D eigenvalue weighted by molar-refractivity contribution is 5.63. The smallest absolute Gasteiger partial charge is 0.218 e. The minimum atomic E-state index is 0.422. The average molecular weight is 217 g/mol. The van der Waals surface area contributed by atoms with Crippen molar-refractivity contribution >= 4 is 11.6 Å². The van der Waals surface area contributed by atoms with E-state index in [0.29, 0.717) is 11.8 Å². The Balaban J connectivity index is 2.44. The summed E-state index contributed by atoms with van der Waals surface area (Å²) < 4.78 is 1.57. The van der Waals surface area contributed by atoms with Crippen LogP contribution in [0.1, 0.15) is 0 Å². The summed E-state index contributed by atoms with van der Waals surface area (Å²) in [6.45, 7) is 0. The molecule has 1 aromatic carbocycles. The van der Waals surface area contributed by atoms with Crippen molar-refractivity contribution in [1.29, 1.82) is 0 Å². The maximum absolute atomic E-state index is 5.65. The molecule has 5 heteroatoms. The van der Waals surface area contributed by atoms with Crippen LogP contribution in [0.15, 0.2) is 24.3 Å². The summed E-state index contributed by atoms with van der Waals surface area (Å²) in [5.41, 5.74) is 7.74. The van der Waals surface area contributed by atoms with Crippen LogP contribution < -0.4 is 10.6 Å². The first kappa shape index (κ1) is 10.5. The molecule has 0 atom stereocenters. The summed E-state index contributed by atoms with van der Waals surface area (Å²) in [6.07, 6.45) is 0. The molecule has 84 valence electrons. The third kappa shape index (κ3) is 1.84. The number of nitrogens with two attached hydrogens (primary N) is 1. The van der Waals surface area contributed by atoms with Crippen LogP contribution in [0.25, 0.3) is 11.4 Å². The van der Waals surface area contributed by atoms with Gasteiger partial charge in [0.1, 0.15) is 0 Å². The molecule has 0 unspecified atom stereocenters. The zero-order valence-electron chi connectivity index (χ0n) is 9.68. The van der Waals surface area contributed by atoms with Crippen LogP contribution in [0, 0.1) is 0 Å². The van der Waals surface area contributed by atoms with E-state index >= 15 is 0 Å². The first-order chi connectivity index (χ1) is 7.58. The van der Waals surface area contributed by atoms with Gasteiger partial charge in [-0.15, -0.1) is 5.10 Å². The lowest BCUT2D eigenvalue weighted by Gasteiger charge is -2.12. The number of anilines is 2. The maximum atomic E-state index is 5.65. The second-order valence-electron chi connectivity index (χ2n) is 3.86. The van der Waals surface area contributed by atoms with Crippen molar-refractivity contribution in [1.82, 2.24) is 14.8 Å². The molecular weight excluding hydrogens is 202 g/mol. The van der Waals surface area contributed by atoms with Crippen LogP contribution in [0.5, 0.6) is 0 Å². The Morgan fingerprint density at radius 2 is 2.06 bits per heavy atom. The fourth-order valence-corrected chi connectivity index (χ4v) is 1.44. The molecule has 0 aliphatic heterocycles. The molecule has 0 saturated heterocycles. The topological polar surface area (TPSA) is 60.0 Å². The lowest BCUT2D eigenvalue weighted by atomic mass is 10.2. The molecule has 16 heavy (non-hydrogen) atoms. The van der Waals surface area contributed by atoms with Gasteiger partial charge in [-0.1, -0.05) is 12.1 Å². The van der Waals surface area contributed by atoms with Crippen molar-refractivity contribution in [3.63, 3.8) is 0 Å². The lowest BCUT2D eigenvalue weighted by molar-refractivity contribution is 0.781. The Morgan fingerprint density at radius 3 is 2.62 bits per heavy atom. The quantitative estimate of drug-likeness (QED) is 0.819. The summed E-state index contributed by atoms with van der Waals surface area (Å²) in [5, 5.41) is 4.24. The highest BCUT2D eigenvalue weighted by Crippen LogP contribution is 2.21. The minimum absolute atomic E-state index is 0.422. The van der Waals surface area contributed by atoms with Crippen molar-refractivity contribution in [2.75, 3.05) is 24.7 Å². The zero-order valence-corrected chi connectivity index (χ0v) is 9.68. The molecule has 1 aromatic heterocycles. The van der Waals surface area contributed by atoms with E-state index in [1.54, 1.807) is 11.7 Å². The molecule has 0 saturated carbocycles. The zero-order chi connectivity index (χ0) is 11.7. The van der Waals surface area contributed by atoms with Crippen molar-refractivity contribution in [2.24, 2.45) is 7.05 Å². The van der Waals surface area contributed by atoms with Crippen LogP contribution in [0.2, 0.25) is 0 Å². The lowest BCUT2D eigenvalue weighted by Crippen LogP contribution is -2.08. The number of benzene rings is 1. The molecule has 5 nitrogen and oxygen atoms in total. The predicted molar refractivity (Wildman–Crippen MR) is 65.2 cm³/mol. The van der Waals surface area contributed by atoms with E-state index in [1.807, 2.05) is 43.3 Å². The number of rotatable bonds is 2. The van der Waals surface area contributed by atoms with Crippen molar-refractivity contribution in [3.05, 3.63) is 24.3 Å². The van der Waals surface area contributed by atoms with Crippen molar-refractivity contribution in [3.8, 4) is 11.4 Å². The second kappa shape index (κ2) is 3.84. The summed E-state index contributed by atoms with van der Waals surface area (Å²) in [7, 11) is 5.78. The summed E-state index contributed by atoms with van der Waals surface area (Å²) in [6, 6.07) is 8.03. The SMILES string of the molecule is CN(C)c1cccc(-c2nc(N)n(C)n2)c1. The van der Waals surface area contributed by atoms with E-state index in [0.717, 1.165) is 11.3 Å². The molecular formula is C11H15N5. The Hall–Kier alpha value is -2.04. The third-order valence-electron chi connectivity index (χ3n) is 2.42. The molecule has 0 bridgehead atoms. The van der Waals surface area contributed by atoms with Gasteiger partial charge in [0, 0.05) is 32.4 Å². The molecule has 1 heterocycles. The molecule has 0 aliphatic rings. The van der Waals surface area contributed by atoms with E-state index in [2.05, 4.69) is 10.1 Å². The van der Waals surface area contributed by atoms with E-state index in [4.69, 9.17) is 5.73 Å². The number of aryl methyl sites for hydroxylation is 1. The largest absolute Gasteiger partial charge is 0.378 e. The first-order valence-corrected chi connectivity index (χ1v) is 5.02. The predicted octanol–water partition coefficient (Wildman–Crippen LogP) is 1.13. The molecule has 2 N–H and O–H groups in total. The van der Waals surface area contributed by atoms with E-state index in [-0.39, 0.29) is 0 Å². The van der Waals surface area contributed by atoms with Gasteiger partial charge in [0.25, 0.3) is 0 Å². The second-order valence-corrected chi connectivity index (χ2v) is 3.86. The van der Waals surface area contributed by atoms with E-state index < -0.39 is 0 Å². The molecule has 0 fully saturated rings. The van der Waals surface area contributed by atoms with Gasteiger partial charge in [-0.25, -0.2) is 4.68 Å². The van der Waals surface area contributed by atoms with Gasteiger partial charge in [-0.2, -0.15) is 4.98 Å². The van der Waals surface area contributed by atoms with Gasteiger partial charge in [0.2, 0.25) is 5.95 Å². The number of nitrogens with zero attached hydrogens (tertiary/aromatic N) is 4. The van der Waals surface area contributed by atoms with Gasteiger partial charge in [-0.05, 0) is 12.1 Å². The number of nitrogen functional groups attached to an aromatic ring is 1. The number of aromatic nitrogens is 3. The average Bonchev–Trinajstić information content (AvgIpc) is 2.59. The molecule has 0 aliphatic carbocycles. The van der Waals surface area contributed by atoms with Gasteiger partial charge in [-0.3, -0.25) is 0 Å². The van der Waals surface area contributed by atoms with Crippen LogP contribution in [-0.4, -0.2) is 28.9 Å². The van der Waals surface area contributed by atoms with Crippen molar-refractivity contribution < 1.29 is 0 Å². The Bertz CT molecular complexity index is 481. The fourth-order valence-electron chi connectivity index (χ4n) is 1.44. The minimum Gasteiger partial charge on any atom is -0.378 e. The highest BCUT2D eigenvalue weighted by Gasteiger charge is 2.07. The van der Waals surface area contributed by atoms with Crippen LogP contribution in [0.3, 0.4) is 0 Å². The monoisotopic (exact) mass is 217 g/mol. The first-order valence-electron chi connectivity index (χ1n) is 5.02. The van der Waals surface area contributed by atoms with Crippen molar-refractivity contribution in [2.45, 2.75) is 0 Å². The van der Waals surface area contributed by atoms with E-state index in [1.165, 1.54) is 0 Å². The van der Waals surface area contributed by atoms with Gasteiger partial charge >= 0.3 is 0 Å². The summed E-state index contributed by atoms with van der Waals surface area (Å²) in [4.78, 5) is 6.23. The van der Waals surface area contributed by atoms with Crippen LogP contribution in [-0.2, 0) is 7.05 Å². The van der Waals surface area contributed by atoms with Crippen LogP contribution >= 0.6 is 0 Å². The van der Waals surface area contributed by atoms with E-state index in [9.17, 15) is 0 Å². The normalized spacial score (nSPS) is 10.4. The highest BCUT2D eigenvalue weighted by atomic mass is 15.4. The Morgan fingerprint density at radius 1 is 1.31 bits per heavy atom. The Labute approximate surface area is 94.5 Å². The molecule has 0 spiro atoms. The van der Waals surface area contributed by atoms with Gasteiger partial charge in [0.05, 0.1) is 0 Å². The van der Waals surface area contributed by atoms with Gasteiger partial charge in [0.15, 0.2) is 5.82 Å². The Kier molecular flexibility index (Phi) is 2.52. The molecule has 0 radical (unpaired) electrons. The maximum Gasteiger partial charge on any atom is 0.218 e. The number of hydrogen-bond acceptors (Lipinski definition) is 4. The number of hydrogen-bond donors (Lipinski definition) is 1. The summed E-state index contributed by atoms with van der Waals surface area (Å²) >= 11 is 0.